The van der Waals surface area contributed by atoms with Gasteiger partial charge in [-0.3, -0.25) is 0 Å². The maximum Gasteiger partial charge on any atom is 0.268 e. The van der Waals surface area contributed by atoms with E-state index in [1.807, 2.05) is 6.92 Å². The van der Waals surface area contributed by atoms with E-state index in [9.17, 15) is 8.42 Å². The van der Waals surface area contributed by atoms with Crippen LogP contribution in [0.15, 0.2) is 53.7 Å². The molecule has 0 spiro atoms. The summed E-state index contributed by atoms with van der Waals surface area (Å²) in [5.74, 6) is 0. The first-order valence-electron chi connectivity index (χ1n) is 5.94. The van der Waals surface area contributed by atoms with Crippen LogP contribution < -0.4 is 0 Å². The van der Waals surface area contributed by atoms with E-state index < -0.39 is 10.0 Å². The number of halogens is 1. The summed E-state index contributed by atoms with van der Waals surface area (Å²) < 4.78 is 26.5. The number of hydrogen-bond acceptors (Lipinski definition) is 3. The second-order valence-electron chi connectivity index (χ2n) is 4.46. The minimum atomic E-state index is -3.63. The lowest BCUT2D eigenvalue weighted by Gasteiger charge is -2.08. The molecule has 0 aliphatic rings. The molecular weight excluding hydrogens is 296 g/mol. The number of aryl methyl sites for hydroxylation is 1. The Hall–Kier alpha value is -1.85. The van der Waals surface area contributed by atoms with Crippen LogP contribution in [0.4, 0.5) is 0 Å². The molecule has 2 aromatic heterocycles. The molecule has 0 saturated carbocycles. The van der Waals surface area contributed by atoms with Crippen LogP contribution in [-0.4, -0.2) is 17.4 Å². The number of aromatic nitrogens is 2. The third-order valence-electron chi connectivity index (χ3n) is 3.11. The van der Waals surface area contributed by atoms with Gasteiger partial charge in [-0.25, -0.2) is 17.4 Å². The molecule has 0 N–H and O–H groups in total. The fourth-order valence-electron chi connectivity index (χ4n) is 2.04. The van der Waals surface area contributed by atoms with Crippen molar-refractivity contribution >= 4 is 32.5 Å². The lowest BCUT2D eigenvalue weighted by Crippen LogP contribution is -2.11. The van der Waals surface area contributed by atoms with Crippen molar-refractivity contribution in [1.82, 2.24) is 8.96 Å². The van der Waals surface area contributed by atoms with Crippen LogP contribution in [0.1, 0.15) is 5.56 Å². The monoisotopic (exact) mass is 306 g/mol. The van der Waals surface area contributed by atoms with Crippen molar-refractivity contribution in [3.8, 4) is 0 Å². The van der Waals surface area contributed by atoms with Crippen LogP contribution >= 0.6 is 11.6 Å². The van der Waals surface area contributed by atoms with Crippen LogP contribution in [0.3, 0.4) is 0 Å². The quantitative estimate of drug-likeness (QED) is 0.683. The van der Waals surface area contributed by atoms with E-state index in [4.69, 9.17) is 11.6 Å². The zero-order valence-electron chi connectivity index (χ0n) is 10.6. The van der Waals surface area contributed by atoms with Gasteiger partial charge in [0.15, 0.2) is 0 Å². The second-order valence-corrected chi connectivity index (χ2v) is 6.64. The van der Waals surface area contributed by atoms with Gasteiger partial charge >= 0.3 is 0 Å². The fraction of sp³-hybridized carbons (Fsp3) is 0.0714. The lowest BCUT2D eigenvalue weighted by molar-refractivity contribution is 0.589. The maximum absolute atomic E-state index is 12.6. The molecule has 0 unspecified atom stereocenters. The van der Waals surface area contributed by atoms with E-state index in [2.05, 4.69) is 4.98 Å². The smallest absolute Gasteiger partial charge is 0.244 e. The fourth-order valence-corrected chi connectivity index (χ4v) is 3.60. The van der Waals surface area contributed by atoms with Gasteiger partial charge in [0.1, 0.15) is 5.15 Å². The number of rotatable bonds is 2. The summed E-state index contributed by atoms with van der Waals surface area (Å²) >= 11 is 5.97. The van der Waals surface area contributed by atoms with Crippen molar-refractivity contribution in [2.45, 2.75) is 11.8 Å². The normalized spacial score (nSPS) is 11.9. The molecule has 0 aliphatic carbocycles. The SMILES string of the molecule is Cc1ccc(S(=O)(=O)n2ccc3c(Cl)nccc32)cc1. The highest BCUT2D eigenvalue weighted by molar-refractivity contribution is 7.90. The van der Waals surface area contributed by atoms with Gasteiger partial charge in [0.25, 0.3) is 10.0 Å². The van der Waals surface area contributed by atoms with Gasteiger partial charge in [-0.15, -0.1) is 0 Å². The van der Waals surface area contributed by atoms with Gasteiger partial charge in [-0.1, -0.05) is 29.3 Å². The van der Waals surface area contributed by atoms with E-state index in [1.165, 1.54) is 16.4 Å². The topological polar surface area (TPSA) is 52.0 Å². The molecule has 3 rings (SSSR count). The van der Waals surface area contributed by atoms with E-state index in [0.717, 1.165) is 5.56 Å². The molecule has 20 heavy (non-hydrogen) atoms. The molecule has 102 valence electrons. The lowest BCUT2D eigenvalue weighted by atomic mass is 10.2. The summed E-state index contributed by atoms with van der Waals surface area (Å²) in [6.45, 7) is 1.91. The van der Waals surface area contributed by atoms with Gasteiger partial charge < -0.3 is 0 Å². The summed E-state index contributed by atoms with van der Waals surface area (Å²) in [4.78, 5) is 4.19. The highest BCUT2D eigenvalue weighted by atomic mass is 35.5. The van der Waals surface area contributed by atoms with Crippen molar-refractivity contribution < 1.29 is 8.42 Å². The molecule has 4 nitrogen and oxygen atoms in total. The second kappa shape index (κ2) is 4.61. The molecule has 6 heteroatoms. The minimum Gasteiger partial charge on any atom is -0.244 e. The van der Waals surface area contributed by atoms with Crippen molar-refractivity contribution in [2.75, 3.05) is 0 Å². The Morgan fingerprint density at radius 1 is 1.10 bits per heavy atom. The average Bonchev–Trinajstić information content (AvgIpc) is 2.85. The first kappa shape index (κ1) is 13.1. The Morgan fingerprint density at radius 3 is 2.50 bits per heavy atom. The van der Waals surface area contributed by atoms with Crippen molar-refractivity contribution in [2.24, 2.45) is 0 Å². The molecule has 0 bridgehead atoms. The van der Waals surface area contributed by atoms with Crippen molar-refractivity contribution in [3.05, 3.63) is 59.5 Å². The molecule has 0 amide bonds. The number of nitrogens with zero attached hydrogens (tertiary/aromatic N) is 2. The number of fused-ring (bicyclic) bond motifs is 1. The zero-order chi connectivity index (χ0) is 14.3. The van der Waals surface area contributed by atoms with E-state index in [0.29, 0.717) is 16.1 Å². The molecule has 3 aromatic rings. The number of hydrogen-bond donors (Lipinski definition) is 0. The predicted octanol–water partition coefficient (Wildman–Crippen LogP) is 3.24. The number of pyridine rings is 1. The largest absolute Gasteiger partial charge is 0.268 e. The summed E-state index contributed by atoms with van der Waals surface area (Å²) in [6.07, 6.45) is 2.99. The highest BCUT2D eigenvalue weighted by Crippen LogP contribution is 2.25. The molecule has 2 heterocycles. The average molecular weight is 307 g/mol. The van der Waals surface area contributed by atoms with E-state index in [1.54, 1.807) is 36.4 Å². The van der Waals surface area contributed by atoms with Crippen LogP contribution in [0.5, 0.6) is 0 Å². The molecule has 1 aromatic carbocycles. The van der Waals surface area contributed by atoms with Crippen LogP contribution in [0.2, 0.25) is 5.15 Å². The third-order valence-corrected chi connectivity index (χ3v) is 5.12. The zero-order valence-corrected chi connectivity index (χ0v) is 12.2. The van der Waals surface area contributed by atoms with Gasteiger partial charge in [0, 0.05) is 17.8 Å². The first-order chi connectivity index (χ1) is 9.50. The van der Waals surface area contributed by atoms with Crippen molar-refractivity contribution in [3.63, 3.8) is 0 Å². The van der Waals surface area contributed by atoms with Gasteiger partial charge in [-0.2, -0.15) is 0 Å². The maximum atomic E-state index is 12.6. The third kappa shape index (κ3) is 1.99. The van der Waals surface area contributed by atoms with Gasteiger partial charge in [0.05, 0.1) is 10.4 Å². The minimum absolute atomic E-state index is 0.244. The molecule has 0 aliphatic heterocycles. The summed E-state index contributed by atoms with van der Waals surface area (Å²) in [6, 6.07) is 10.0. The van der Waals surface area contributed by atoms with Gasteiger partial charge in [0.2, 0.25) is 0 Å². The summed E-state index contributed by atoms with van der Waals surface area (Å²) in [5.41, 5.74) is 1.53. The van der Waals surface area contributed by atoms with Crippen LogP contribution in [0, 0.1) is 6.92 Å². The predicted molar refractivity (Wildman–Crippen MR) is 78.5 cm³/mol. The molecular formula is C14H11ClN2O2S. The molecule has 0 saturated heterocycles. The Morgan fingerprint density at radius 2 is 1.80 bits per heavy atom. The highest BCUT2D eigenvalue weighted by Gasteiger charge is 2.19. The molecule has 0 radical (unpaired) electrons. The summed E-state index contributed by atoms with van der Waals surface area (Å²) in [5, 5.41) is 0.908. The number of benzene rings is 1. The standard InChI is InChI=1S/C14H11ClN2O2S/c1-10-2-4-11(5-3-10)20(18,19)17-9-7-12-13(17)6-8-16-14(12)15/h2-9H,1H3. The first-order valence-corrected chi connectivity index (χ1v) is 7.76. The Bertz CT molecular complexity index is 883. The Kier molecular flexibility index (Phi) is 3.03. The molecule has 0 atom stereocenters. The summed E-state index contributed by atoms with van der Waals surface area (Å²) in [7, 11) is -3.63. The van der Waals surface area contributed by atoms with Crippen LogP contribution in [0.25, 0.3) is 10.9 Å². The molecule has 0 fully saturated rings. The van der Waals surface area contributed by atoms with Gasteiger partial charge in [-0.05, 0) is 31.2 Å². The van der Waals surface area contributed by atoms with Crippen molar-refractivity contribution in [1.29, 1.82) is 0 Å². The Labute approximate surface area is 121 Å². The Balaban J connectivity index is 2.24. The van der Waals surface area contributed by atoms with Crippen LogP contribution in [-0.2, 0) is 10.0 Å². The van der Waals surface area contributed by atoms with E-state index in [-0.39, 0.29) is 4.90 Å². The van der Waals surface area contributed by atoms with E-state index >= 15 is 0 Å².